The van der Waals surface area contributed by atoms with Gasteiger partial charge in [0.15, 0.2) is 0 Å². The number of alkyl halides is 3. The number of methoxy groups -OCH3 is 1. The predicted octanol–water partition coefficient (Wildman–Crippen LogP) is 4.16. The maximum atomic E-state index is 14.7. The Kier molecular flexibility index (Phi) is 4.49. The lowest BCUT2D eigenvalue weighted by molar-refractivity contribution is -0.188. The summed E-state index contributed by atoms with van der Waals surface area (Å²) in [7, 11) is 1.34. The molecule has 2 aromatic carbocycles. The van der Waals surface area contributed by atoms with Crippen molar-refractivity contribution >= 4 is 16.6 Å². The molecule has 0 bridgehead atoms. The van der Waals surface area contributed by atoms with Gasteiger partial charge in [0.05, 0.1) is 25.3 Å². The third-order valence-electron chi connectivity index (χ3n) is 4.99. The molecule has 1 aliphatic heterocycles. The minimum atomic E-state index is -4.73. The monoisotopic (exact) mass is 408 g/mol. The van der Waals surface area contributed by atoms with Crippen molar-refractivity contribution in [2.45, 2.75) is 17.8 Å². The van der Waals surface area contributed by atoms with E-state index in [0.29, 0.717) is 16.6 Å². The van der Waals surface area contributed by atoms with Crippen molar-refractivity contribution in [3.8, 4) is 5.75 Å². The first kappa shape index (κ1) is 19.3. The van der Waals surface area contributed by atoms with Crippen LogP contribution in [0.4, 0.5) is 23.2 Å². The molecule has 0 amide bonds. The number of epoxide rings is 1. The SMILES string of the molecule is COc1ccc(C(Nc2cccc3[nH]c(=O)ccc23)C2(C(F)(F)F)CO2)c(F)c1. The number of aromatic amines is 1. The molecule has 152 valence electrons. The fourth-order valence-corrected chi connectivity index (χ4v) is 3.35. The Morgan fingerprint density at radius 3 is 2.59 bits per heavy atom. The lowest BCUT2D eigenvalue weighted by Gasteiger charge is -2.29. The van der Waals surface area contributed by atoms with E-state index in [1.807, 2.05) is 0 Å². The molecule has 9 heteroatoms. The van der Waals surface area contributed by atoms with Crippen molar-refractivity contribution in [2.24, 2.45) is 0 Å². The van der Waals surface area contributed by atoms with E-state index < -0.39 is 30.2 Å². The van der Waals surface area contributed by atoms with E-state index in [2.05, 4.69) is 10.3 Å². The van der Waals surface area contributed by atoms with Crippen LogP contribution in [0.1, 0.15) is 11.6 Å². The molecule has 4 rings (SSSR count). The average Bonchev–Trinajstić information content (AvgIpc) is 3.48. The highest BCUT2D eigenvalue weighted by atomic mass is 19.4. The van der Waals surface area contributed by atoms with Crippen LogP contribution in [0.25, 0.3) is 10.9 Å². The summed E-state index contributed by atoms with van der Waals surface area (Å²) < 4.78 is 66.0. The second kappa shape index (κ2) is 6.77. The van der Waals surface area contributed by atoms with E-state index in [-0.39, 0.29) is 16.9 Å². The molecule has 1 fully saturated rings. The molecule has 0 spiro atoms. The van der Waals surface area contributed by atoms with E-state index in [1.54, 1.807) is 18.2 Å². The highest BCUT2D eigenvalue weighted by Crippen LogP contribution is 2.53. The van der Waals surface area contributed by atoms with Gasteiger partial charge in [-0.15, -0.1) is 0 Å². The van der Waals surface area contributed by atoms with Gasteiger partial charge < -0.3 is 19.8 Å². The summed E-state index contributed by atoms with van der Waals surface area (Å²) in [6, 6.07) is 9.63. The van der Waals surface area contributed by atoms with Crippen LogP contribution < -0.4 is 15.6 Å². The van der Waals surface area contributed by atoms with Crippen molar-refractivity contribution < 1.29 is 27.0 Å². The number of fused-ring (bicyclic) bond motifs is 1. The van der Waals surface area contributed by atoms with Gasteiger partial charge in [0, 0.05) is 28.8 Å². The topological polar surface area (TPSA) is 66.6 Å². The molecular weight excluding hydrogens is 392 g/mol. The number of hydrogen-bond donors (Lipinski definition) is 2. The number of anilines is 1. The summed E-state index contributed by atoms with van der Waals surface area (Å²) in [5, 5.41) is 3.29. The molecule has 1 saturated heterocycles. The van der Waals surface area contributed by atoms with Crippen LogP contribution in [0.3, 0.4) is 0 Å². The first-order valence-corrected chi connectivity index (χ1v) is 8.68. The van der Waals surface area contributed by atoms with Crippen molar-refractivity contribution in [3.05, 3.63) is 70.3 Å². The first-order chi connectivity index (χ1) is 13.7. The minimum Gasteiger partial charge on any atom is -0.497 e. The number of H-pyrrole nitrogens is 1. The molecule has 0 saturated carbocycles. The second-order valence-corrected chi connectivity index (χ2v) is 6.73. The normalized spacial score (nSPS) is 19.8. The Morgan fingerprint density at radius 1 is 1.21 bits per heavy atom. The fourth-order valence-electron chi connectivity index (χ4n) is 3.35. The molecule has 1 aliphatic rings. The third-order valence-corrected chi connectivity index (χ3v) is 4.99. The van der Waals surface area contributed by atoms with Gasteiger partial charge in [-0.3, -0.25) is 4.79 Å². The molecule has 2 N–H and O–H groups in total. The summed E-state index contributed by atoms with van der Waals surface area (Å²) >= 11 is 0. The molecule has 3 aromatic rings. The van der Waals surface area contributed by atoms with Gasteiger partial charge in [-0.25, -0.2) is 4.39 Å². The highest BCUT2D eigenvalue weighted by molar-refractivity contribution is 5.91. The number of ether oxygens (including phenoxy) is 2. The molecule has 2 unspecified atom stereocenters. The van der Waals surface area contributed by atoms with Gasteiger partial charge in [0.2, 0.25) is 11.2 Å². The van der Waals surface area contributed by atoms with Crippen molar-refractivity contribution in [1.82, 2.24) is 4.98 Å². The lowest BCUT2D eigenvalue weighted by Crippen LogP contribution is -2.42. The maximum absolute atomic E-state index is 14.7. The average molecular weight is 408 g/mol. The Morgan fingerprint density at radius 2 is 1.97 bits per heavy atom. The zero-order valence-electron chi connectivity index (χ0n) is 15.1. The highest BCUT2D eigenvalue weighted by Gasteiger charge is 2.71. The number of nitrogens with one attached hydrogen (secondary N) is 2. The largest absolute Gasteiger partial charge is 0.497 e. The zero-order chi connectivity index (χ0) is 20.8. The number of halogens is 4. The van der Waals surface area contributed by atoms with E-state index in [9.17, 15) is 22.4 Å². The lowest BCUT2D eigenvalue weighted by atomic mass is 9.91. The van der Waals surface area contributed by atoms with Crippen molar-refractivity contribution in [2.75, 3.05) is 19.0 Å². The van der Waals surface area contributed by atoms with Crippen LogP contribution in [0, 0.1) is 5.82 Å². The Balaban J connectivity index is 1.84. The first-order valence-electron chi connectivity index (χ1n) is 8.68. The van der Waals surface area contributed by atoms with Gasteiger partial charge in [-0.2, -0.15) is 13.2 Å². The van der Waals surface area contributed by atoms with Crippen LogP contribution in [-0.4, -0.2) is 30.5 Å². The Labute approximate surface area is 162 Å². The molecule has 2 heterocycles. The van der Waals surface area contributed by atoms with E-state index in [4.69, 9.17) is 9.47 Å². The van der Waals surface area contributed by atoms with E-state index >= 15 is 0 Å². The van der Waals surface area contributed by atoms with Crippen LogP contribution in [0.5, 0.6) is 5.75 Å². The summed E-state index contributed by atoms with van der Waals surface area (Å²) in [5.74, 6) is -0.667. The van der Waals surface area contributed by atoms with Crippen LogP contribution in [0.15, 0.2) is 53.3 Å². The third kappa shape index (κ3) is 3.31. The quantitative estimate of drug-likeness (QED) is 0.492. The van der Waals surface area contributed by atoms with Crippen LogP contribution in [-0.2, 0) is 4.74 Å². The summed E-state index contributed by atoms with van der Waals surface area (Å²) in [5.41, 5.74) is -2.37. The number of aromatic nitrogens is 1. The summed E-state index contributed by atoms with van der Waals surface area (Å²) in [4.78, 5) is 14.2. The fraction of sp³-hybridized carbons (Fsp3) is 0.250. The van der Waals surface area contributed by atoms with Crippen molar-refractivity contribution in [3.63, 3.8) is 0 Å². The summed E-state index contributed by atoms with van der Waals surface area (Å²) in [6.07, 6.45) is -4.73. The van der Waals surface area contributed by atoms with Gasteiger partial charge in [0.1, 0.15) is 11.6 Å². The molecule has 0 aliphatic carbocycles. The van der Waals surface area contributed by atoms with Crippen LogP contribution in [0.2, 0.25) is 0 Å². The number of hydrogen-bond acceptors (Lipinski definition) is 4. The Bertz CT molecular complexity index is 1120. The number of rotatable bonds is 5. The maximum Gasteiger partial charge on any atom is 0.422 e. The molecular formula is C20H16F4N2O3. The van der Waals surface area contributed by atoms with E-state index in [1.165, 1.54) is 31.4 Å². The standard InChI is InChI=1S/C20H16F4N2O3/c1-28-11-5-6-12(14(21)9-11)18(19(10-29-19)20(22,23)24)26-16-4-2-3-15-13(16)7-8-17(27)25-15/h2-9,18,26H,10H2,1H3,(H,25,27). The molecule has 2 atom stereocenters. The molecule has 0 radical (unpaired) electrons. The predicted molar refractivity (Wildman–Crippen MR) is 98.6 cm³/mol. The second-order valence-electron chi connectivity index (χ2n) is 6.73. The van der Waals surface area contributed by atoms with Crippen molar-refractivity contribution in [1.29, 1.82) is 0 Å². The van der Waals surface area contributed by atoms with Crippen LogP contribution >= 0.6 is 0 Å². The van der Waals surface area contributed by atoms with Gasteiger partial charge >= 0.3 is 6.18 Å². The number of benzene rings is 2. The molecule has 1 aromatic heterocycles. The van der Waals surface area contributed by atoms with Gasteiger partial charge in [-0.05, 0) is 24.3 Å². The summed E-state index contributed by atoms with van der Waals surface area (Å²) in [6.45, 7) is -0.596. The molecule has 5 nitrogen and oxygen atoms in total. The smallest absolute Gasteiger partial charge is 0.422 e. The van der Waals surface area contributed by atoms with Gasteiger partial charge in [-0.1, -0.05) is 12.1 Å². The minimum absolute atomic E-state index is 0.186. The van der Waals surface area contributed by atoms with E-state index in [0.717, 1.165) is 6.07 Å². The molecule has 29 heavy (non-hydrogen) atoms. The number of pyridine rings is 1. The zero-order valence-corrected chi connectivity index (χ0v) is 15.1. The van der Waals surface area contributed by atoms with Gasteiger partial charge in [0.25, 0.3) is 0 Å². The Hall–Kier alpha value is -3.07.